The third kappa shape index (κ3) is 2.37. The molecule has 2 saturated carbocycles. The fourth-order valence-corrected chi connectivity index (χ4v) is 4.68. The van der Waals surface area contributed by atoms with Crippen molar-refractivity contribution in [2.45, 2.75) is 51.4 Å². The molecule has 2 aliphatic carbocycles. The standard InChI is InChI=1S/C16H25NO5/c1-16(2,3)22-15(20)17-7-10-8-5-9(11(18)6-8)12(10)13(17)14(19)21-4/h8-13,18H,5-7H2,1-4H3/t8-,9+,10+,11?,12-,13-/m0/s1. The largest absolute Gasteiger partial charge is 0.467 e. The van der Waals surface area contributed by atoms with E-state index in [-0.39, 0.29) is 23.9 Å². The van der Waals surface area contributed by atoms with E-state index in [0.29, 0.717) is 12.5 Å². The second-order valence-corrected chi connectivity index (χ2v) is 7.80. The average Bonchev–Trinajstić information content (AvgIpc) is 3.04. The summed E-state index contributed by atoms with van der Waals surface area (Å²) in [5.74, 6) is 0.341. The van der Waals surface area contributed by atoms with Gasteiger partial charge in [0.2, 0.25) is 0 Å². The van der Waals surface area contributed by atoms with Gasteiger partial charge in [0, 0.05) is 12.5 Å². The SMILES string of the molecule is COC(=O)[C@@H]1[C@@H]2[C@H](CN1C(=O)OC(C)(C)C)[C@@H]1CC(O)[C@H]2C1. The van der Waals surface area contributed by atoms with Gasteiger partial charge in [0.25, 0.3) is 0 Å². The Morgan fingerprint density at radius 1 is 1.18 bits per heavy atom. The van der Waals surface area contributed by atoms with Crippen molar-refractivity contribution in [3.8, 4) is 0 Å². The predicted molar refractivity (Wildman–Crippen MR) is 77.9 cm³/mol. The normalized spacial score (nSPS) is 39.8. The van der Waals surface area contributed by atoms with Gasteiger partial charge in [-0.3, -0.25) is 4.90 Å². The van der Waals surface area contributed by atoms with Crippen molar-refractivity contribution >= 4 is 12.1 Å². The molecule has 6 nitrogen and oxygen atoms in total. The van der Waals surface area contributed by atoms with Crippen molar-refractivity contribution in [2.75, 3.05) is 13.7 Å². The second-order valence-electron chi connectivity index (χ2n) is 7.80. The summed E-state index contributed by atoms with van der Waals surface area (Å²) in [5, 5.41) is 10.2. The molecule has 3 rings (SSSR count). The molecule has 0 aromatic rings. The number of carbonyl (C=O) groups excluding carboxylic acids is 2. The number of carbonyl (C=O) groups is 2. The Bertz CT molecular complexity index is 485. The van der Waals surface area contributed by atoms with Gasteiger partial charge in [0.15, 0.2) is 0 Å². The zero-order valence-electron chi connectivity index (χ0n) is 13.6. The van der Waals surface area contributed by atoms with Crippen molar-refractivity contribution in [1.29, 1.82) is 0 Å². The first-order chi connectivity index (χ1) is 10.2. The Morgan fingerprint density at radius 3 is 2.45 bits per heavy atom. The second kappa shape index (κ2) is 5.11. The predicted octanol–water partition coefficient (Wildman–Crippen LogP) is 1.41. The van der Waals surface area contributed by atoms with Crippen LogP contribution in [0.3, 0.4) is 0 Å². The lowest BCUT2D eigenvalue weighted by Gasteiger charge is -2.32. The molecule has 0 spiro atoms. The summed E-state index contributed by atoms with van der Waals surface area (Å²) in [6.45, 7) is 5.94. The van der Waals surface area contributed by atoms with E-state index in [1.807, 2.05) is 20.8 Å². The van der Waals surface area contributed by atoms with E-state index in [0.717, 1.165) is 12.8 Å². The monoisotopic (exact) mass is 311 g/mol. The maximum Gasteiger partial charge on any atom is 0.411 e. The molecule has 0 radical (unpaired) electrons. The van der Waals surface area contributed by atoms with Crippen molar-refractivity contribution in [3.63, 3.8) is 0 Å². The van der Waals surface area contributed by atoms with Gasteiger partial charge < -0.3 is 14.6 Å². The maximum atomic E-state index is 12.5. The summed E-state index contributed by atoms with van der Waals surface area (Å²) in [6.07, 6.45) is 0.900. The third-order valence-electron chi connectivity index (χ3n) is 5.39. The molecule has 1 heterocycles. The highest BCUT2D eigenvalue weighted by molar-refractivity contribution is 5.83. The van der Waals surface area contributed by atoms with Crippen LogP contribution in [0, 0.1) is 23.7 Å². The van der Waals surface area contributed by atoms with Crippen LogP contribution in [-0.4, -0.2) is 53.5 Å². The number of nitrogens with zero attached hydrogens (tertiary/aromatic N) is 1. The Kier molecular flexibility index (Phi) is 3.62. The molecule has 1 unspecified atom stereocenters. The first kappa shape index (κ1) is 15.6. The first-order valence-electron chi connectivity index (χ1n) is 7.98. The summed E-state index contributed by atoms with van der Waals surface area (Å²) >= 11 is 0. The molecule has 3 fully saturated rings. The lowest BCUT2D eigenvalue weighted by atomic mass is 9.77. The number of methoxy groups -OCH3 is 1. The number of esters is 1. The zero-order valence-corrected chi connectivity index (χ0v) is 13.6. The van der Waals surface area contributed by atoms with Crippen LogP contribution in [0.5, 0.6) is 0 Å². The smallest absolute Gasteiger partial charge is 0.411 e. The molecule has 2 bridgehead atoms. The minimum atomic E-state index is -0.630. The van der Waals surface area contributed by atoms with Gasteiger partial charge in [-0.2, -0.15) is 0 Å². The molecule has 1 saturated heterocycles. The summed E-state index contributed by atoms with van der Waals surface area (Å²) < 4.78 is 10.4. The Morgan fingerprint density at radius 2 is 1.86 bits per heavy atom. The van der Waals surface area contributed by atoms with E-state index in [4.69, 9.17) is 9.47 Å². The van der Waals surface area contributed by atoms with Crippen LogP contribution >= 0.6 is 0 Å². The van der Waals surface area contributed by atoms with Crippen molar-refractivity contribution in [1.82, 2.24) is 4.90 Å². The number of hydrogen-bond donors (Lipinski definition) is 1. The lowest BCUT2D eigenvalue weighted by molar-refractivity contribution is -0.148. The molecule has 6 heteroatoms. The zero-order chi connectivity index (χ0) is 16.2. The van der Waals surface area contributed by atoms with E-state index in [1.54, 1.807) is 0 Å². The van der Waals surface area contributed by atoms with Crippen molar-refractivity contribution in [2.24, 2.45) is 23.7 Å². The molecule has 22 heavy (non-hydrogen) atoms. The molecule has 1 aliphatic heterocycles. The van der Waals surface area contributed by atoms with E-state index >= 15 is 0 Å². The minimum Gasteiger partial charge on any atom is -0.467 e. The fraction of sp³-hybridized carbons (Fsp3) is 0.875. The summed E-state index contributed by atoms with van der Waals surface area (Å²) in [6, 6.07) is -0.630. The van der Waals surface area contributed by atoms with Crippen LogP contribution in [0.2, 0.25) is 0 Å². The van der Waals surface area contributed by atoms with Gasteiger partial charge in [-0.05, 0) is 51.4 Å². The summed E-state index contributed by atoms with van der Waals surface area (Å²) in [4.78, 5) is 26.3. The number of aliphatic hydroxyl groups is 1. The fourth-order valence-electron chi connectivity index (χ4n) is 4.68. The van der Waals surface area contributed by atoms with Crippen LogP contribution in [0.4, 0.5) is 4.79 Å². The van der Waals surface area contributed by atoms with Crippen molar-refractivity contribution in [3.05, 3.63) is 0 Å². The Hall–Kier alpha value is -1.30. The molecule has 6 atom stereocenters. The molecule has 0 aromatic heterocycles. The van der Waals surface area contributed by atoms with E-state index in [1.165, 1.54) is 12.0 Å². The van der Waals surface area contributed by atoms with Crippen LogP contribution < -0.4 is 0 Å². The quantitative estimate of drug-likeness (QED) is 0.741. The van der Waals surface area contributed by atoms with Gasteiger partial charge in [-0.25, -0.2) is 9.59 Å². The lowest BCUT2D eigenvalue weighted by Crippen LogP contribution is -2.48. The molecule has 1 N–H and O–H groups in total. The van der Waals surface area contributed by atoms with Crippen molar-refractivity contribution < 1.29 is 24.2 Å². The summed E-state index contributed by atoms with van der Waals surface area (Å²) in [7, 11) is 1.34. The van der Waals surface area contributed by atoms with E-state index in [9.17, 15) is 14.7 Å². The van der Waals surface area contributed by atoms with Crippen LogP contribution in [0.25, 0.3) is 0 Å². The highest BCUT2D eigenvalue weighted by Gasteiger charge is 2.62. The number of likely N-dealkylation sites (tertiary alicyclic amines) is 1. The topological polar surface area (TPSA) is 76.1 Å². The molecule has 1 amide bonds. The first-order valence-corrected chi connectivity index (χ1v) is 7.98. The van der Waals surface area contributed by atoms with Gasteiger partial charge in [-0.15, -0.1) is 0 Å². The minimum absolute atomic E-state index is 0.00582. The van der Waals surface area contributed by atoms with Gasteiger partial charge in [0.05, 0.1) is 13.2 Å². The van der Waals surface area contributed by atoms with Gasteiger partial charge in [-0.1, -0.05) is 0 Å². The molecule has 124 valence electrons. The van der Waals surface area contributed by atoms with Gasteiger partial charge in [0.1, 0.15) is 11.6 Å². The number of amides is 1. The van der Waals surface area contributed by atoms with Crippen LogP contribution in [-0.2, 0) is 14.3 Å². The summed E-state index contributed by atoms with van der Waals surface area (Å²) in [5.41, 5.74) is -0.603. The van der Waals surface area contributed by atoms with Crippen LogP contribution in [0.1, 0.15) is 33.6 Å². The molecule has 3 aliphatic rings. The molecular weight excluding hydrogens is 286 g/mol. The Balaban J connectivity index is 1.85. The number of aliphatic hydroxyl groups excluding tert-OH is 1. The number of rotatable bonds is 1. The highest BCUT2D eigenvalue weighted by Crippen LogP contribution is 2.57. The number of ether oxygens (including phenoxy) is 2. The average molecular weight is 311 g/mol. The molecular formula is C16H25NO5. The van der Waals surface area contributed by atoms with Gasteiger partial charge >= 0.3 is 12.1 Å². The van der Waals surface area contributed by atoms with E-state index in [2.05, 4.69) is 0 Å². The highest BCUT2D eigenvalue weighted by atomic mass is 16.6. The maximum absolute atomic E-state index is 12.5. The van der Waals surface area contributed by atoms with E-state index < -0.39 is 23.7 Å². The van der Waals surface area contributed by atoms with Crippen LogP contribution in [0.15, 0.2) is 0 Å². The number of fused-ring (bicyclic) bond motifs is 5. The third-order valence-corrected chi connectivity index (χ3v) is 5.39. The molecule has 0 aromatic carbocycles. The Labute approximate surface area is 130 Å². The number of hydrogen-bond acceptors (Lipinski definition) is 5.